The third-order valence-corrected chi connectivity index (χ3v) is 4.35. The minimum Gasteiger partial charge on any atom is -0.457 e. The third kappa shape index (κ3) is 6.10. The summed E-state index contributed by atoms with van der Waals surface area (Å²) >= 11 is 0. The Morgan fingerprint density at radius 1 is 0.833 bits per heavy atom. The van der Waals surface area contributed by atoms with Crippen LogP contribution in [0, 0.1) is 0 Å². The number of carbonyl (C=O) groups is 2. The summed E-state index contributed by atoms with van der Waals surface area (Å²) in [5.74, 6) is 0.396. The predicted octanol–water partition coefficient (Wildman–Crippen LogP) is 4.02. The number of anilines is 1. The lowest BCUT2D eigenvalue weighted by Gasteiger charge is -2.13. The second kappa shape index (κ2) is 10.1. The van der Waals surface area contributed by atoms with Gasteiger partial charge in [0.25, 0.3) is 5.91 Å². The minimum atomic E-state index is -0.563. The van der Waals surface area contributed by atoms with E-state index in [1.807, 2.05) is 73.6 Å². The molecule has 0 spiro atoms. The van der Waals surface area contributed by atoms with Crippen molar-refractivity contribution in [3.8, 4) is 11.5 Å². The molecule has 0 aromatic heterocycles. The molecule has 0 radical (unpaired) electrons. The molecule has 3 rings (SSSR count). The fourth-order valence-corrected chi connectivity index (χ4v) is 2.66. The largest absolute Gasteiger partial charge is 0.457 e. The highest BCUT2D eigenvalue weighted by atomic mass is 16.5. The van der Waals surface area contributed by atoms with Crippen LogP contribution in [0.3, 0.4) is 0 Å². The smallest absolute Gasteiger partial charge is 0.338 e. The van der Waals surface area contributed by atoms with Gasteiger partial charge in [0, 0.05) is 26.3 Å². The minimum absolute atomic E-state index is 0.336. The first kappa shape index (κ1) is 20.9. The number of carbonyl (C=O) groups excluding carboxylic acids is 2. The topological polar surface area (TPSA) is 67.9 Å². The number of amides is 1. The van der Waals surface area contributed by atoms with Crippen LogP contribution in [0.15, 0.2) is 78.9 Å². The van der Waals surface area contributed by atoms with Crippen LogP contribution in [-0.4, -0.2) is 32.6 Å². The molecule has 0 fully saturated rings. The maximum absolute atomic E-state index is 12.1. The molecular weight excluding hydrogens is 380 g/mol. The Hall–Kier alpha value is -3.80. The number of ether oxygens (including phenoxy) is 2. The van der Waals surface area contributed by atoms with Crippen LogP contribution < -0.4 is 15.0 Å². The van der Waals surface area contributed by atoms with E-state index in [0.29, 0.717) is 23.6 Å². The standard InChI is InChI=1S/C24H24N2O4/c1-26(2)20-12-8-18(9-13-20)16-25-23(27)17-29-24(28)19-10-14-22(15-11-19)30-21-6-4-3-5-7-21/h3-15H,16-17H2,1-2H3,(H,25,27). The fraction of sp³-hybridized carbons (Fsp3) is 0.167. The van der Waals surface area contributed by atoms with Crippen LogP contribution in [0.5, 0.6) is 11.5 Å². The molecule has 0 saturated carbocycles. The summed E-state index contributed by atoms with van der Waals surface area (Å²) in [7, 11) is 3.93. The van der Waals surface area contributed by atoms with Crippen molar-refractivity contribution in [2.24, 2.45) is 0 Å². The first-order chi connectivity index (χ1) is 14.5. The van der Waals surface area contributed by atoms with Gasteiger partial charge in [0.2, 0.25) is 0 Å². The molecule has 0 atom stereocenters. The highest BCUT2D eigenvalue weighted by Crippen LogP contribution is 2.21. The number of esters is 1. The van der Waals surface area contributed by atoms with Crippen molar-refractivity contribution in [3.05, 3.63) is 90.0 Å². The highest BCUT2D eigenvalue weighted by Gasteiger charge is 2.10. The van der Waals surface area contributed by atoms with Gasteiger partial charge in [0.05, 0.1) is 5.56 Å². The number of nitrogens with one attached hydrogen (secondary N) is 1. The van der Waals surface area contributed by atoms with Crippen LogP contribution in [0.25, 0.3) is 0 Å². The maximum atomic E-state index is 12.1. The van der Waals surface area contributed by atoms with Crippen LogP contribution >= 0.6 is 0 Å². The molecule has 0 heterocycles. The Morgan fingerprint density at radius 2 is 1.47 bits per heavy atom. The van der Waals surface area contributed by atoms with E-state index in [9.17, 15) is 9.59 Å². The van der Waals surface area contributed by atoms with Crippen molar-refractivity contribution >= 4 is 17.6 Å². The summed E-state index contributed by atoms with van der Waals surface area (Å²) in [6, 6.07) is 23.8. The number of hydrogen-bond donors (Lipinski definition) is 1. The average Bonchev–Trinajstić information content (AvgIpc) is 2.77. The normalized spacial score (nSPS) is 10.2. The number of para-hydroxylation sites is 1. The highest BCUT2D eigenvalue weighted by molar-refractivity contribution is 5.91. The molecule has 0 aliphatic heterocycles. The van der Waals surface area contributed by atoms with E-state index in [0.717, 1.165) is 11.3 Å². The van der Waals surface area contributed by atoms with Crippen LogP contribution in [0.4, 0.5) is 5.69 Å². The van der Waals surface area contributed by atoms with E-state index >= 15 is 0 Å². The van der Waals surface area contributed by atoms with Gasteiger partial charge in [-0.05, 0) is 54.1 Å². The van der Waals surface area contributed by atoms with Crippen molar-refractivity contribution in [3.63, 3.8) is 0 Å². The SMILES string of the molecule is CN(C)c1ccc(CNC(=O)COC(=O)c2ccc(Oc3ccccc3)cc2)cc1. The quantitative estimate of drug-likeness (QED) is 0.575. The van der Waals surface area contributed by atoms with E-state index in [1.165, 1.54) is 0 Å². The molecule has 0 aliphatic rings. The molecule has 0 bridgehead atoms. The monoisotopic (exact) mass is 404 g/mol. The molecule has 6 heteroatoms. The van der Waals surface area contributed by atoms with E-state index in [2.05, 4.69) is 5.32 Å². The van der Waals surface area contributed by atoms with E-state index in [1.54, 1.807) is 24.3 Å². The second-order valence-electron chi connectivity index (χ2n) is 6.85. The van der Waals surface area contributed by atoms with Crippen molar-refractivity contribution in [2.45, 2.75) is 6.54 Å². The molecule has 0 unspecified atom stereocenters. The molecule has 0 saturated heterocycles. The third-order valence-electron chi connectivity index (χ3n) is 4.35. The van der Waals surface area contributed by atoms with Crippen molar-refractivity contribution in [1.29, 1.82) is 0 Å². The Bertz CT molecular complexity index is 968. The molecule has 30 heavy (non-hydrogen) atoms. The number of rotatable bonds is 8. The fourth-order valence-electron chi connectivity index (χ4n) is 2.66. The lowest BCUT2D eigenvalue weighted by molar-refractivity contribution is -0.124. The van der Waals surface area contributed by atoms with Gasteiger partial charge in [-0.25, -0.2) is 4.79 Å². The van der Waals surface area contributed by atoms with Crippen LogP contribution in [0.1, 0.15) is 15.9 Å². The van der Waals surface area contributed by atoms with E-state index in [-0.39, 0.29) is 12.5 Å². The molecule has 1 N–H and O–H groups in total. The number of hydrogen-bond acceptors (Lipinski definition) is 5. The number of benzene rings is 3. The molecule has 3 aromatic carbocycles. The summed E-state index contributed by atoms with van der Waals surface area (Å²) in [5.41, 5.74) is 2.40. The molecule has 154 valence electrons. The van der Waals surface area contributed by atoms with Gasteiger partial charge in [-0.15, -0.1) is 0 Å². The molecule has 1 amide bonds. The van der Waals surface area contributed by atoms with Gasteiger partial charge in [-0.3, -0.25) is 4.79 Å². The van der Waals surface area contributed by atoms with Gasteiger partial charge in [0.15, 0.2) is 6.61 Å². The first-order valence-corrected chi connectivity index (χ1v) is 9.54. The Balaban J connectivity index is 1.43. The van der Waals surface area contributed by atoms with Gasteiger partial charge in [-0.1, -0.05) is 30.3 Å². The average molecular weight is 404 g/mol. The van der Waals surface area contributed by atoms with Gasteiger partial charge < -0.3 is 19.7 Å². The lowest BCUT2D eigenvalue weighted by atomic mass is 10.2. The van der Waals surface area contributed by atoms with Crippen LogP contribution in [-0.2, 0) is 16.1 Å². The zero-order valence-corrected chi connectivity index (χ0v) is 17.0. The molecular formula is C24H24N2O4. The summed E-state index contributed by atoms with van der Waals surface area (Å²) in [6.07, 6.45) is 0. The molecule has 3 aromatic rings. The van der Waals surface area contributed by atoms with Crippen molar-refractivity contribution in [2.75, 3.05) is 25.6 Å². The number of nitrogens with zero attached hydrogens (tertiary/aromatic N) is 1. The van der Waals surface area contributed by atoms with E-state index < -0.39 is 5.97 Å². The Morgan fingerprint density at radius 3 is 2.10 bits per heavy atom. The van der Waals surface area contributed by atoms with Crippen molar-refractivity contribution < 1.29 is 19.1 Å². The summed E-state index contributed by atoms with van der Waals surface area (Å²) in [4.78, 5) is 26.1. The van der Waals surface area contributed by atoms with Crippen molar-refractivity contribution in [1.82, 2.24) is 5.32 Å². The lowest BCUT2D eigenvalue weighted by Crippen LogP contribution is -2.28. The van der Waals surface area contributed by atoms with Crippen LogP contribution in [0.2, 0.25) is 0 Å². The Kier molecular flexibility index (Phi) is 7.05. The van der Waals surface area contributed by atoms with Gasteiger partial charge in [-0.2, -0.15) is 0 Å². The summed E-state index contributed by atoms with van der Waals surface area (Å²) < 4.78 is 10.8. The Labute approximate surface area is 176 Å². The maximum Gasteiger partial charge on any atom is 0.338 e. The molecule has 6 nitrogen and oxygen atoms in total. The second-order valence-corrected chi connectivity index (χ2v) is 6.85. The van der Waals surface area contributed by atoms with Gasteiger partial charge >= 0.3 is 5.97 Å². The summed E-state index contributed by atoms with van der Waals surface area (Å²) in [6.45, 7) is 0.0342. The zero-order valence-electron chi connectivity index (χ0n) is 17.0. The zero-order chi connectivity index (χ0) is 21.3. The van der Waals surface area contributed by atoms with E-state index in [4.69, 9.17) is 9.47 Å². The van der Waals surface area contributed by atoms with Gasteiger partial charge in [0.1, 0.15) is 11.5 Å². The molecule has 0 aliphatic carbocycles. The predicted molar refractivity (Wildman–Crippen MR) is 116 cm³/mol. The summed E-state index contributed by atoms with van der Waals surface area (Å²) in [5, 5.41) is 2.74. The first-order valence-electron chi connectivity index (χ1n) is 9.54.